The maximum atomic E-state index is 9.05. The molecule has 0 atom stereocenters. The summed E-state index contributed by atoms with van der Waals surface area (Å²) in [6, 6.07) is 0. The summed E-state index contributed by atoms with van der Waals surface area (Å²) in [5, 5.41) is 18.1. The summed E-state index contributed by atoms with van der Waals surface area (Å²) < 4.78 is 5.44. The molecule has 0 amide bonds. The summed E-state index contributed by atoms with van der Waals surface area (Å²) in [5.74, 6) is 0. The van der Waals surface area contributed by atoms with Gasteiger partial charge in [-0.05, 0) is 6.42 Å². The fourth-order valence-electron chi connectivity index (χ4n) is 2.82. The largest absolute Gasteiger partial charge is 0.394 e. The Kier molecular flexibility index (Phi) is 17.5. The summed E-state index contributed by atoms with van der Waals surface area (Å²) in [4.78, 5) is 0. The van der Waals surface area contributed by atoms with E-state index in [-0.39, 0.29) is 19.8 Å². The third-order valence-electron chi connectivity index (χ3n) is 4.66. The van der Waals surface area contributed by atoms with Crippen molar-refractivity contribution in [3.05, 3.63) is 0 Å². The number of unbranched alkanes of at least 4 members (excludes halogenated alkanes) is 13. The Morgan fingerprint density at radius 3 is 1.42 bits per heavy atom. The van der Waals surface area contributed by atoms with Crippen LogP contribution in [-0.2, 0) is 4.74 Å². The lowest BCUT2D eigenvalue weighted by Crippen LogP contribution is -2.51. The molecule has 0 aliphatic rings. The molecule has 0 bridgehead atoms. The Hall–Kier alpha value is -0.160. The Morgan fingerprint density at radius 1 is 0.667 bits per heavy atom. The van der Waals surface area contributed by atoms with Crippen molar-refractivity contribution in [3.63, 3.8) is 0 Å². The zero-order valence-electron chi connectivity index (χ0n) is 16.1. The number of aliphatic hydroxyl groups is 2. The molecule has 0 aliphatic carbocycles. The molecule has 146 valence electrons. The highest BCUT2D eigenvalue weighted by Gasteiger charge is 2.22. The first kappa shape index (κ1) is 23.8. The number of hydrogen-bond donors (Lipinski definition) is 3. The van der Waals surface area contributed by atoms with Gasteiger partial charge >= 0.3 is 0 Å². The van der Waals surface area contributed by atoms with E-state index < -0.39 is 5.54 Å². The van der Waals surface area contributed by atoms with Crippen LogP contribution in [0.3, 0.4) is 0 Å². The highest BCUT2D eigenvalue weighted by molar-refractivity contribution is 4.81. The van der Waals surface area contributed by atoms with Crippen LogP contribution in [-0.4, -0.2) is 42.2 Å². The molecular weight excluding hydrogens is 302 g/mol. The molecule has 0 aliphatic heterocycles. The summed E-state index contributed by atoms with van der Waals surface area (Å²) in [5.41, 5.74) is 4.74. The van der Waals surface area contributed by atoms with Gasteiger partial charge in [0.1, 0.15) is 0 Å². The van der Waals surface area contributed by atoms with Crippen LogP contribution in [0.1, 0.15) is 96.8 Å². The molecule has 0 saturated heterocycles. The first-order chi connectivity index (χ1) is 11.7. The van der Waals surface area contributed by atoms with Crippen molar-refractivity contribution in [3.8, 4) is 0 Å². The Balaban J connectivity index is 3.13. The van der Waals surface area contributed by atoms with Crippen LogP contribution in [0.25, 0.3) is 0 Å². The number of ether oxygens (including phenoxy) is 1. The van der Waals surface area contributed by atoms with Gasteiger partial charge in [0, 0.05) is 6.61 Å². The maximum Gasteiger partial charge on any atom is 0.0859 e. The van der Waals surface area contributed by atoms with Crippen LogP contribution >= 0.6 is 0 Å². The zero-order chi connectivity index (χ0) is 17.9. The van der Waals surface area contributed by atoms with Gasteiger partial charge in [-0.25, -0.2) is 0 Å². The van der Waals surface area contributed by atoms with Gasteiger partial charge in [0.05, 0.1) is 25.4 Å². The number of aliphatic hydroxyl groups excluding tert-OH is 2. The quantitative estimate of drug-likeness (QED) is 0.307. The summed E-state index contributed by atoms with van der Waals surface area (Å²) in [7, 11) is 0. The van der Waals surface area contributed by atoms with Gasteiger partial charge < -0.3 is 20.7 Å². The average Bonchev–Trinajstić information content (AvgIpc) is 2.61. The minimum absolute atomic E-state index is 0.221. The van der Waals surface area contributed by atoms with E-state index in [2.05, 4.69) is 6.92 Å². The van der Waals surface area contributed by atoms with Crippen molar-refractivity contribution in [2.75, 3.05) is 26.4 Å². The minimum Gasteiger partial charge on any atom is -0.394 e. The molecule has 0 saturated carbocycles. The van der Waals surface area contributed by atoms with Crippen molar-refractivity contribution in [1.82, 2.24) is 0 Å². The third kappa shape index (κ3) is 15.4. The molecular formula is C20H43NO3. The summed E-state index contributed by atoms with van der Waals surface area (Å²) in [6.45, 7) is 2.66. The third-order valence-corrected chi connectivity index (χ3v) is 4.66. The fraction of sp³-hybridized carbons (Fsp3) is 1.00. The molecule has 0 radical (unpaired) electrons. The molecule has 0 aromatic rings. The highest BCUT2D eigenvalue weighted by atomic mass is 16.5. The molecule has 0 fully saturated rings. The molecule has 0 aromatic heterocycles. The molecule has 0 unspecified atom stereocenters. The summed E-state index contributed by atoms with van der Waals surface area (Å²) >= 11 is 0. The lowest BCUT2D eigenvalue weighted by atomic mass is 10.0. The van der Waals surface area contributed by atoms with Gasteiger partial charge in [-0.15, -0.1) is 0 Å². The van der Waals surface area contributed by atoms with Gasteiger partial charge in [-0.2, -0.15) is 0 Å². The van der Waals surface area contributed by atoms with Crippen LogP contribution in [0.15, 0.2) is 0 Å². The van der Waals surface area contributed by atoms with E-state index in [9.17, 15) is 0 Å². The van der Waals surface area contributed by atoms with Gasteiger partial charge in [0.2, 0.25) is 0 Å². The second kappa shape index (κ2) is 17.7. The van der Waals surface area contributed by atoms with Crippen LogP contribution in [0.4, 0.5) is 0 Å². The molecule has 4 heteroatoms. The standard InChI is InChI=1S/C20H43NO3/c1-2-3-4-5-6-7-8-9-10-11-12-13-14-15-16-24-19-20(21,17-22)18-23/h22-23H,2-19,21H2,1H3. The van der Waals surface area contributed by atoms with E-state index in [0.717, 1.165) is 6.42 Å². The zero-order valence-corrected chi connectivity index (χ0v) is 16.1. The van der Waals surface area contributed by atoms with Crippen molar-refractivity contribution in [2.24, 2.45) is 5.73 Å². The van der Waals surface area contributed by atoms with Crippen LogP contribution < -0.4 is 5.73 Å². The van der Waals surface area contributed by atoms with Gasteiger partial charge in [-0.1, -0.05) is 90.4 Å². The van der Waals surface area contributed by atoms with Crippen LogP contribution in [0, 0.1) is 0 Å². The molecule has 24 heavy (non-hydrogen) atoms. The Bertz CT molecular complexity index is 245. The van der Waals surface area contributed by atoms with E-state index in [4.69, 9.17) is 20.7 Å². The van der Waals surface area contributed by atoms with E-state index in [1.807, 2.05) is 0 Å². The number of rotatable bonds is 19. The van der Waals surface area contributed by atoms with Gasteiger partial charge in [0.25, 0.3) is 0 Å². The first-order valence-electron chi connectivity index (χ1n) is 10.3. The van der Waals surface area contributed by atoms with E-state index in [1.165, 1.54) is 83.5 Å². The molecule has 0 rings (SSSR count). The Labute approximate surface area is 150 Å². The topological polar surface area (TPSA) is 75.7 Å². The molecule has 4 N–H and O–H groups in total. The molecule has 0 aromatic carbocycles. The minimum atomic E-state index is -0.990. The van der Waals surface area contributed by atoms with E-state index in [1.54, 1.807) is 0 Å². The van der Waals surface area contributed by atoms with Crippen molar-refractivity contribution in [2.45, 2.75) is 102 Å². The predicted octanol–water partition coefficient (Wildman–Crippen LogP) is 4.17. The number of nitrogens with two attached hydrogens (primary N) is 1. The van der Waals surface area contributed by atoms with E-state index >= 15 is 0 Å². The average molecular weight is 346 g/mol. The lowest BCUT2D eigenvalue weighted by molar-refractivity contribution is 0.0238. The Morgan fingerprint density at radius 2 is 1.04 bits per heavy atom. The van der Waals surface area contributed by atoms with Crippen molar-refractivity contribution < 1.29 is 14.9 Å². The van der Waals surface area contributed by atoms with Crippen molar-refractivity contribution in [1.29, 1.82) is 0 Å². The second-order valence-corrected chi connectivity index (χ2v) is 7.33. The van der Waals surface area contributed by atoms with Gasteiger partial charge in [-0.3, -0.25) is 0 Å². The van der Waals surface area contributed by atoms with E-state index in [0.29, 0.717) is 6.61 Å². The molecule has 0 spiro atoms. The second-order valence-electron chi connectivity index (χ2n) is 7.33. The normalized spacial score (nSPS) is 12.0. The van der Waals surface area contributed by atoms with Gasteiger partial charge in [0.15, 0.2) is 0 Å². The maximum absolute atomic E-state index is 9.05. The molecule has 4 nitrogen and oxygen atoms in total. The van der Waals surface area contributed by atoms with Crippen molar-refractivity contribution >= 4 is 0 Å². The SMILES string of the molecule is CCCCCCCCCCCCCCCCOCC(N)(CO)CO. The fourth-order valence-corrected chi connectivity index (χ4v) is 2.82. The predicted molar refractivity (Wildman–Crippen MR) is 102 cm³/mol. The molecule has 0 heterocycles. The number of hydrogen-bond acceptors (Lipinski definition) is 4. The monoisotopic (exact) mass is 345 g/mol. The first-order valence-corrected chi connectivity index (χ1v) is 10.3. The van der Waals surface area contributed by atoms with Crippen LogP contribution in [0.5, 0.6) is 0 Å². The summed E-state index contributed by atoms with van der Waals surface area (Å²) in [6.07, 6.45) is 18.8. The highest BCUT2D eigenvalue weighted by Crippen LogP contribution is 2.13. The van der Waals surface area contributed by atoms with Crippen LogP contribution in [0.2, 0.25) is 0 Å². The smallest absolute Gasteiger partial charge is 0.0859 e. The lowest BCUT2D eigenvalue weighted by Gasteiger charge is -2.24.